The number of aromatic nitrogens is 2. The van der Waals surface area contributed by atoms with E-state index in [4.69, 9.17) is 33.7 Å². The Kier molecular flexibility index (Phi) is 4.05. The number of hydrogen-bond donors (Lipinski definition) is 1. The summed E-state index contributed by atoms with van der Waals surface area (Å²) in [7, 11) is 1.58. The summed E-state index contributed by atoms with van der Waals surface area (Å²) in [5.74, 6) is 0.880. The summed E-state index contributed by atoms with van der Waals surface area (Å²) in [5, 5.41) is 2.08. The molecule has 22 heavy (non-hydrogen) atoms. The number of rotatable bonds is 3. The van der Waals surface area contributed by atoms with Gasteiger partial charge < -0.3 is 10.5 Å². The quantitative estimate of drug-likeness (QED) is 0.783. The molecule has 2 aromatic carbocycles. The number of benzene rings is 2. The van der Waals surface area contributed by atoms with E-state index in [1.54, 1.807) is 13.2 Å². The van der Waals surface area contributed by atoms with Gasteiger partial charge in [0, 0.05) is 16.8 Å². The lowest BCUT2D eigenvalue weighted by molar-refractivity contribution is 0.415. The number of methoxy groups -OCH3 is 1. The Morgan fingerprint density at radius 3 is 2.64 bits per heavy atom. The SMILES string of the molecule is COc1ccc(Cc2nc(N)nc3ccc(Cl)cc23)cc1Cl. The Morgan fingerprint density at radius 2 is 1.91 bits per heavy atom. The lowest BCUT2D eigenvalue weighted by atomic mass is 10.1. The van der Waals surface area contributed by atoms with Gasteiger partial charge in [-0.15, -0.1) is 0 Å². The molecule has 3 rings (SSSR count). The van der Waals surface area contributed by atoms with Crippen LogP contribution in [0.15, 0.2) is 36.4 Å². The molecular weight excluding hydrogens is 321 g/mol. The average Bonchev–Trinajstić information content (AvgIpc) is 2.48. The highest BCUT2D eigenvalue weighted by atomic mass is 35.5. The largest absolute Gasteiger partial charge is 0.495 e. The third-order valence-corrected chi connectivity index (χ3v) is 3.87. The van der Waals surface area contributed by atoms with Crippen molar-refractivity contribution in [2.24, 2.45) is 0 Å². The molecule has 112 valence electrons. The van der Waals surface area contributed by atoms with E-state index >= 15 is 0 Å². The van der Waals surface area contributed by atoms with Crippen molar-refractivity contribution in [1.82, 2.24) is 9.97 Å². The highest BCUT2D eigenvalue weighted by molar-refractivity contribution is 6.32. The van der Waals surface area contributed by atoms with Crippen molar-refractivity contribution in [3.8, 4) is 5.75 Å². The molecule has 6 heteroatoms. The topological polar surface area (TPSA) is 61.0 Å². The van der Waals surface area contributed by atoms with E-state index in [0.717, 1.165) is 22.2 Å². The molecule has 0 radical (unpaired) electrons. The molecule has 0 saturated carbocycles. The Labute approximate surface area is 137 Å². The third kappa shape index (κ3) is 2.93. The molecule has 0 amide bonds. The first-order valence-corrected chi connectivity index (χ1v) is 7.36. The molecule has 4 nitrogen and oxygen atoms in total. The Hall–Kier alpha value is -2.04. The molecule has 0 aliphatic carbocycles. The van der Waals surface area contributed by atoms with Crippen LogP contribution in [0, 0.1) is 0 Å². The number of nitrogens with zero attached hydrogens (tertiary/aromatic N) is 2. The van der Waals surface area contributed by atoms with Gasteiger partial charge in [0.1, 0.15) is 5.75 Å². The van der Waals surface area contributed by atoms with E-state index in [-0.39, 0.29) is 5.95 Å². The van der Waals surface area contributed by atoms with Crippen LogP contribution in [0.25, 0.3) is 10.9 Å². The van der Waals surface area contributed by atoms with Crippen LogP contribution < -0.4 is 10.5 Å². The molecule has 0 bridgehead atoms. The fourth-order valence-electron chi connectivity index (χ4n) is 2.33. The predicted octanol–water partition coefficient (Wildman–Crippen LogP) is 4.12. The average molecular weight is 334 g/mol. The van der Waals surface area contributed by atoms with Gasteiger partial charge in [-0.3, -0.25) is 0 Å². The van der Waals surface area contributed by atoms with Crippen molar-refractivity contribution >= 4 is 40.1 Å². The monoisotopic (exact) mass is 333 g/mol. The lowest BCUT2D eigenvalue weighted by Gasteiger charge is -2.09. The summed E-state index contributed by atoms with van der Waals surface area (Å²) in [6.45, 7) is 0. The van der Waals surface area contributed by atoms with Crippen molar-refractivity contribution in [2.75, 3.05) is 12.8 Å². The molecular formula is C16H13Cl2N3O. The van der Waals surface area contributed by atoms with Gasteiger partial charge in [0.2, 0.25) is 5.95 Å². The lowest BCUT2D eigenvalue weighted by Crippen LogP contribution is -2.02. The van der Waals surface area contributed by atoms with E-state index in [0.29, 0.717) is 22.2 Å². The maximum Gasteiger partial charge on any atom is 0.220 e. The zero-order chi connectivity index (χ0) is 15.7. The number of nitrogens with two attached hydrogens (primary N) is 1. The van der Waals surface area contributed by atoms with Crippen LogP contribution >= 0.6 is 23.2 Å². The van der Waals surface area contributed by atoms with Gasteiger partial charge in [0.25, 0.3) is 0 Å². The predicted molar refractivity (Wildman–Crippen MR) is 89.8 cm³/mol. The zero-order valence-electron chi connectivity index (χ0n) is 11.8. The molecule has 0 unspecified atom stereocenters. The maximum absolute atomic E-state index is 6.17. The first kappa shape index (κ1) is 14.9. The summed E-state index contributed by atoms with van der Waals surface area (Å²) in [4.78, 5) is 8.57. The van der Waals surface area contributed by atoms with Gasteiger partial charge in [0.05, 0.1) is 23.3 Å². The highest BCUT2D eigenvalue weighted by Crippen LogP contribution is 2.28. The number of halogens is 2. The normalized spacial score (nSPS) is 10.9. The smallest absolute Gasteiger partial charge is 0.220 e. The van der Waals surface area contributed by atoms with Gasteiger partial charge in [0.15, 0.2) is 0 Å². The summed E-state index contributed by atoms with van der Waals surface area (Å²) in [5.41, 5.74) is 8.38. The van der Waals surface area contributed by atoms with Crippen LogP contribution in [-0.4, -0.2) is 17.1 Å². The number of anilines is 1. The van der Waals surface area contributed by atoms with Gasteiger partial charge in [-0.05, 0) is 35.9 Å². The van der Waals surface area contributed by atoms with E-state index in [2.05, 4.69) is 9.97 Å². The van der Waals surface area contributed by atoms with Crippen LogP contribution in [-0.2, 0) is 6.42 Å². The second-order valence-electron chi connectivity index (χ2n) is 4.84. The summed E-state index contributed by atoms with van der Waals surface area (Å²) in [6, 6.07) is 11.1. The minimum Gasteiger partial charge on any atom is -0.495 e. The van der Waals surface area contributed by atoms with E-state index in [1.807, 2.05) is 30.3 Å². The van der Waals surface area contributed by atoms with Crippen LogP contribution in [0.4, 0.5) is 5.95 Å². The number of fused-ring (bicyclic) bond motifs is 1. The van der Waals surface area contributed by atoms with Crippen molar-refractivity contribution in [2.45, 2.75) is 6.42 Å². The van der Waals surface area contributed by atoms with E-state index < -0.39 is 0 Å². The molecule has 2 N–H and O–H groups in total. The molecule has 0 fully saturated rings. The van der Waals surface area contributed by atoms with Crippen molar-refractivity contribution in [3.63, 3.8) is 0 Å². The second-order valence-corrected chi connectivity index (χ2v) is 5.68. The fourth-order valence-corrected chi connectivity index (χ4v) is 2.78. The molecule has 1 aromatic heterocycles. The first-order chi connectivity index (χ1) is 10.6. The van der Waals surface area contributed by atoms with Gasteiger partial charge in [-0.1, -0.05) is 29.3 Å². The molecule has 0 spiro atoms. The van der Waals surface area contributed by atoms with E-state index in [1.165, 1.54) is 0 Å². The summed E-state index contributed by atoms with van der Waals surface area (Å²) in [6.07, 6.45) is 0.577. The first-order valence-electron chi connectivity index (χ1n) is 6.61. The van der Waals surface area contributed by atoms with Crippen molar-refractivity contribution < 1.29 is 4.74 Å². The minimum atomic E-state index is 0.240. The van der Waals surface area contributed by atoms with Crippen LogP contribution in [0.3, 0.4) is 0 Å². The standard InChI is InChI=1S/C16H13Cl2N3O/c1-22-15-5-2-9(6-12(15)18)7-14-11-8-10(17)3-4-13(11)20-16(19)21-14/h2-6,8H,7H2,1H3,(H2,19,20,21). The van der Waals surface area contributed by atoms with Gasteiger partial charge in [-0.25, -0.2) is 9.97 Å². The third-order valence-electron chi connectivity index (χ3n) is 3.34. The van der Waals surface area contributed by atoms with Crippen molar-refractivity contribution in [3.05, 3.63) is 57.7 Å². The van der Waals surface area contributed by atoms with Crippen molar-refractivity contribution in [1.29, 1.82) is 0 Å². The number of hydrogen-bond acceptors (Lipinski definition) is 4. The molecule has 0 aliphatic heterocycles. The second kappa shape index (κ2) is 5.99. The van der Waals surface area contributed by atoms with Crippen LogP contribution in [0.5, 0.6) is 5.75 Å². The number of ether oxygens (including phenoxy) is 1. The molecule has 3 aromatic rings. The highest BCUT2D eigenvalue weighted by Gasteiger charge is 2.09. The van der Waals surface area contributed by atoms with Gasteiger partial charge >= 0.3 is 0 Å². The zero-order valence-corrected chi connectivity index (χ0v) is 13.3. The van der Waals surface area contributed by atoms with E-state index in [9.17, 15) is 0 Å². The van der Waals surface area contributed by atoms with Crippen LogP contribution in [0.2, 0.25) is 10.0 Å². The summed E-state index contributed by atoms with van der Waals surface area (Å²) >= 11 is 12.2. The summed E-state index contributed by atoms with van der Waals surface area (Å²) < 4.78 is 5.16. The fraction of sp³-hybridized carbons (Fsp3) is 0.125. The maximum atomic E-state index is 6.17. The number of nitrogen functional groups attached to an aromatic ring is 1. The van der Waals surface area contributed by atoms with Crippen LogP contribution in [0.1, 0.15) is 11.3 Å². The molecule has 0 saturated heterocycles. The molecule has 1 heterocycles. The molecule has 0 aliphatic rings. The molecule has 0 atom stereocenters. The Balaban J connectivity index is 2.06. The minimum absolute atomic E-state index is 0.240. The Bertz CT molecular complexity index is 852. The Morgan fingerprint density at radius 1 is 1.09 bits per heavy atom. The van der Waals surface area contributed by atoms with Gasteiger partial charge in [-0.2, -0.15) is 0 Å².